The highest BCUT2D eigenvalue weighted by Gasteiger charge is 2.41. The van der Waals surface area contributed by atoms with Gasteiger partial charge in [-0.15, -0.1) is 0 Å². The Morgan fingerprint density at radius 3 is 2.73 bits per heavy atom. The molecule has 3 aromatic rings. The van der Waals surface area contributed by atoms with Gasteiger partial charge >= 0.3 is 6.18 Å². The molecule has 1 N–H and O–H groups in total. The fourth-order valence-corrected chi connectivity index (χ4v) is 4.46. The van der Waals surface area contributed by atoms with Gasteiger partial charge in [0.05, 0.1) is 16.5 Å². The van der Waals surface area contributed by atoms with Crippen LogP contribution in [0.4, 0.5) is 18.9 Å². The van der Waals surface area contributed by atoms with Crippen molar-refractivity contribution in [3.8, 4) is 6.07 Å². The van der Waals surface area contributed by atoms with Crippen LogP contribution in [0.2, 0.25) is 0 Å². The summed E-state index contributed by atoms with van der Waals surface area (Å²) in [6.45, 7) is 1.37. The van der Waals surface area contributed by atoms with Crippen LogP contribution in [0.15, 0.2) is 41.6 Å². The number of hydrogen-bond acceptors (Lipinski definition) is 5. The second-order valence-corrected chi connectivity index (χ2v) is 7.93. The van der Waals surface area contributed by atoms with Gasteiger partial charge in [0.25, 0.3) is 0 Å². The zero-order valence-corrected chi connectivity index (χ0v) is 16.3. The lowest BCUT2D eigenvalue weighted by Gasteiger charge is -2.16. The molecular weight excluding hydrogens is 417 g/mol. The number of hydrogen-bond donors (Lipinski definition) is 1. The number of anilines is 1. The molecule has 30 heavy (non-hydrogen) atoms. The number of carbonyl (C=O) groups excluding carboxylic acids is 2. The predicted octanol–water partition coefficient (Wildman–Crippen LogP) is 4.19. The minimum Gasteiger partial charge on any atom is -0.361 e. The number of nitrogens with zero attached hydrogens (tertiary/aromatic N) is 3. The Labute approximate surface area is 172 Å². The molecule has 4 rings (SSSR count). The molecule has 152 valence electrons. The molecule has 0 saturated carbocycles. The van der Waals surface area contributed by atoms with Crippen molar-refractivity contribution in [2.75, 3.05) is 4.90 Å². The van der Waals surface area contributed by atoms with Crippen molar-refractivity contribution < 1.29 is 22.8 Å². The molecule has 3 heterocycles. The summed E-state index contributed by atoms with van der Waals surface area (Å²) in [6, 6.07) is 9.52. The number of aryl methyl sites for hydroxylation is 1. The maximum absolute atomic E-state index is 13.1. The van der Waals surface area contributed by atoms with Crippen LogP contribution in [0, 0.1) is 18.3 Å². The minimum absolute atomic E-state index is 0.0421. The van der Waals surface area contributed by atoms with Crippen molar-refractivity contribution in [3.63, 3.8) is 0 Å². The van der Waals surface area contributed by atoms with Gasteiger partial charge in [0.1, 0.15) is 16.8 Å². The molecule has 10 heteroatoms. The number of alkyl halides is 3. The van der Waals surface area contributed by atoms with E-state index < -0.39 is 28.9 Å². The number of pyridine rings is 1. The van der Waals surface area contributed by atoms with Gasteiger partial charge in [0.15, 0.2) is 0 Å². The van der Waals surface area contributed by atoms with Crippen LogP contribution < -0.4 is 4.90 Å². The number of carbonyl (C=O) groups is 2. The van der Waals surface area contributed by atoms with Crippen molar-refractivity contribution in [2.24, 2.45) is 0 Å². The number of halogens is 3. The third-order valence-electron chi connectivity index (χ3n) is 4.74. The number of aromatic nitrogens is 2. The average Bonchev–Trinajstić information content (AvgIpc) is 3.24. The molecule has 0 spiro atoms. The first-order chi connectivity index (χ1) is 14.2. The van der Waals surface area contributed by atoms with Crippen LogP contribution in [-0.2, 0) is 15.8 Å². The van der Waals surface area contributed by atoms with E-state index in [1.54, 1.807) is 24.4 Å². The average molecular weight is 430 g/mol. The van der Waals surface area contributed by atoms with Crippen LogP contribution in [0.3, 0.4) is 0 Å². The Hall–Kier alpha value is -3.32. The summed E-state index contributed by atoms with van der Waals surface area (Å²) in [5, 5.41) is 9.07. The number of aromatic amines is 1. The highest BCUT2D eigenvalue weighted by Crippen LogP contribution is 2.38. The number of rotatable bonds is 3. The Morgan fingerprint density at radius 2 is 2.03 bits per heavy atom. The number of H-pyrrole nitrogens is 1. The molecule has 1 saturated heterocycles. The minimum atomic E-state index is -4.69. The molecule has 1 aliphatic rings. The van der Waals surface area contributed by atoms with Crippen molar-refractivity contribution in [2.45, 2.75) is 29.8 Å². The van der Waals surface area contributed by atoms with Crippen molar-refractivity contribution in [3.05, 3.63) is 53.3 Å². The lowest BCUT2D eigenvalue weighted by molar-refractivity contribution is -0.141. The van der Waals surface area contributed by atoms with E-state index in [4.69, 9.17) is 0 Å². The number of amides is 2. The number of fused-ring (bicyclic) bond motifs is 1. The highest BCUT2D eigenvalue weighted by atomic mass is 32.2. The van der Waals surface area contributed by atoms with Crippen LogP contribution in [0.5, 0.6) is 0 Å². The molecule has 2 amide bonds. The van der Waals surface area contributed by atoms with Crippen LogP contribution >= 0.6 is 11.8 Å². The van der Waals surface area contributed by atoms with Crippen molar-refractivity contribution >= 4 is 40.2 Å². The first kappa shape index (κ1) is 20.0. The van der Waals surface area contributed by atoms with E-state index in [1.165, 1.54) is 6.92 Å². The second-order valence-electron chi connectivity index (χ2n) is 6.74. The Kier molecular flexibility index (Phi) is 4.78. The summed E-state index contributed by atoms with van der Waals surface area (Å²) in [6.07, 6.45) is -3.17. The van der Waals surface area contributed by atoms with Gasteiger partial charge in [-0.1, -0.05) is 17.8 Å². The molecule has 0 bridgehead atoms. The Morgan fingerprint density at radius 1 is 1.27 bits per heavy atom. The summed E-state index contributed by atoms with van der Waals surface area (Å²) in [7, 11) is 0. The summed E-state index contributed by atoms with van der Waals surface area (Å²) in [5.74, 6) is -1.03. The maximum Gasteiger partial charge on any atom is 0.433 e. The number of nitriles is 1. The number of thioether (sulfide) groups is 1. The lowest BCUT2D eigenvalue weighted by Crippen LogP contribution is -2.31. The van der Waals surface area contributed by atoms with Crippen LogP contribution in [0.25, 0.3) is 10.9 Å². The van der Waals surface area contributed by atoms with Crippen molar-refractivity contribution in [1.29, 1.82) is 5.26 Å². The summed E-state index contributed by atoms with van der Waals surface area (Å²) in [5.41, 5.74) is 0.0304. The monoisotopic (exact) mass is 430 g/mol. The molecule has 2 aromatic heterocycles. The van der Waals surface area contributed by atoms with Gasteiger partial charge in [-0.25, -0.2) is 9.88 Å². The van der Waals surface area contributed by atoms with E-state index in [0.29, 0.717) is 17.4 Å². The van der Waals surface area contributed by atoms with Gasteiger partial charge in [0, 0.05) is 18.1 Å². The normalized spacial score (nSPS) is 17.0. The third kappa shape index (κ3) is 3.41. The number of benzene rings is 1. The first-order valence-corrected chi connectivity index (χ1v) is 9.66. The van der Waals surface area contributed by atoms with Gasteiger partial charge < -0.3 is 4.98 Å². The molecule has 0 aliphatic carbocycles. The second kappa shape index (κ2) is 7.18. The van der Waals surface area contributed by atoms with E-state index in [-0.39, 0.29) is 22.6 Å². The Bertz CT molecular complexity index is 1230. The molecule has 1 atom stereocenters. The zero-order valence-electron chi connectivity index (χ0n) is 15.4. The van der Waals surface area contributed by atoms with Gasteiger partial charge in [-0.05, 0) is 42.1 Å². The summed E-state index contributed by atoms with van der Waals surface area (Å²) in [4.78, 5) is 33.0. The first-order valence-electron chi connectivity index (χ1n) is 8.78. The largest absolute Gasteiger partial charge is 0.433 e. The maximum atomic E-state index is 13.1. The van der Waals surface area contributed by atoms with Crippen LogP contribution in [-0.4, -0.2) is 27.0 Å². The van der Waals surface area contributed by atoms with E-state index >= 15 is 0 Å². The van der Waals surface area contributed by atoms with Gasteiger partial charge in [-0.3, -0.25) is 9.59 Å². The molecular formula is C20H13F3N4O2S. The fourth-order valence-electron chi connectivity index (χ4n) is 3.29. The van der Waals surface area contributed by atoms with Gasteiger partial charge in [0.2, 0.25) is 11.8 Å². The van der Waals surface area contributed by atoms with E-state index in [9.17, 15) is 28.0 Å². The van der Waals surface area contributed by atoms with Gasteiger partial charge in [-0.2, -0.15) is 18.4 Å². The molecule has 1 fully saturated rings. The van der Waals surface area contributed by atoms with E-state index in [1.807, 2.05) is 12.1 Å². The Balaban J connectivity index is 1.66. The molecule has 1 aliphatic heterocycles. The van der Waals surface area contributed by atoms with E-state index in [2.05, 4.69) is 9.97 Å². The topological polar surface area (TPSA) is 89.8 Å². The number of nitrogens with one attached hydrogen (secondary N) is 1. The molecule has 0 radical (unpaired) electrons. The summed E-state index contributed by atoms with van der Waals surface area (Å²) < 4.78 is 39.4. The SMILES string of the molecule is Cc1cc(C(F)(F)F)nc(SC2CC(=O)N(c3ccc4cc[nH]c4c3)C2=O)c1C#N. The fraction of sp³-hybridized carbons (Fsp3) is 0.200. The quantitative estimate of drug-likeness (QED) is 0.630. The van der Waals surface area contributed by atoms with Crippen molar-refractivity contribution in [1.82, 2.24) is 9.97 Å². The van der Waals surface area contributed by atoms with Crippen LogP contribution in [0.1, 0.15) is 23.2 Å². The molecule has 1 aromatic carbocycles. The smallest absolute Gasteiger partial charge is 0.361 e. The summed E-state index contributed by atoms with van der Waals surface area (Å²) >= 11 is 0.709. The third-order valence-corrected chi connectivity index (χ3v) is 5.91. The number of imide groups is 1. The van der Waals surface area contributed by atoms with E-state index in [0.717, 1.165) is 21.9 Å². The standard InChI is InChI=1S/C20H13F3N4O2S/c1-10-6-16(20(21,22)23)26-18(13(10)9-24)30-15-8-17(28)27(19(15)29)12-3-2-11-4-5-25-14(11)7-12/h2-7,15,25H,8H2,1H3. The molecule has 6 nitrogen and oxygen atoms in total. The molecule has 1 unspecified atom stereocenters. The predicted molar refractivity (Wildman–Crippen MR) is 104 cm³/mol. The highest BCUT2D eigenvalue weighted by molar-refractivity contribution is 8.00. The lowest BCUT2D eigenvalue weighted by atomic mass is 10.1. The zero-order chi connectivity index (χ0) is 21.6.